The summed E-state index contributed by atoms with van der Waals surface area (Å²) in [5.41, 5.74) is 4.28. The molecule has 1 N–H and O–H groups in total. The molecule has 0 spiro atoms. The van der Waals surface area contributed by atoms with Gasteiger partial charge in [-0.1, -0.05) is 30.3 Å². The van der Waals surface area contributed by atoms with Crippen LogP contribution in [0.15, 0.2) is 66.9 Å². The van der Waals surface area contributed by atoms with E-state index in [2.05, 4.69) is 34.3 Å². The van der Waals surface area contributed by atoms with Crippen LogP contribution >= 0.6 is 0 Å². The van der Waals surface area contributed by atoms with Crippen molar-refractivity contribution in [3.8, 4) is 11.3 Å². The highest BCUT2D eigenvalue weighted by Gasteiger charge is 2.18. The van der Waals surface area contributed by atoms with Gasteiger partial charge in [0, 0.05) is 63.3 Å². The predicted octanol–water partition coefficient (Wildman–Crippen LogP) is 3.90. The molecule has 7 heteroatoms. The Kier molecular flexibility index (Phi) is 8.58. The SMILES string of the molecule is COCCN(C(=O)Cc1ccc(-c2cccc(F)c2)nc1)c1ccc(CN2CCN[C@@H](C)C2)cc1. The Balaban J connectivity index is 1.42. The fourth-order valence-corrected chi connectivity index (χ4v) is 4.39. The maximum Gasteiger partial charge on any atom is 0.231 e. The molecule has 1 atom stereocenters. The van der Waals surface area contributed by atoms with Crippen LogP contribution in [0.3, 0.4) is 0 Å². The van der Waals surface area contributed by atoms with Gasteiger partial charge in [0.05, 0.1) is 18.7 Å². The summed E-state index contributed by atoms with van der Waals surface area (Å²) in [6.07, 6.45) is 1.91. The van der Waals surface area contributed by atoms with E-state index in [4.69, 9.17) is 4.74 Å². The number of hydrogen-bond acceptors (Lipinski definition) is 5. The smallest absolute Gasteiger partial charge is 0.231 e. The third-order valence-electron chi connectivity index (χ3n) is 6.23. The fraction of sp³-hybridized carbons (Fsp3) is 0.357. The lowest BCUT2D eigenvalue weighted by Crippen LogP contribution is -2.48. The third-order valence-corrected chi connectivity index (χ3v) is 6.23. The zero-order valence-electron chi connectivity index (χ0n) is 20.4. The van der Waals surface area contributed by atoms with Crippen LogP contribution < -0.4 is 10.2 Å². The van der Waals surface area contributed by atoms with Crippen LogP contribution in [0.1, 0.15) is 18.1 Å². The molecule has 1 fully saturated rings. The second-order valence-corrected chi connectivity index (χ2v) is 9.03. The molecule has 1 aliphatic heterocycles. The zero-order chi connectivity index (χ0) is 24.6. The second kappa shape index (κ2) is 12.0. The number of carbonyl (C=O) groups excluding carboxylic acids is 1. The number of nitrogens with one attached hydrogen (secondary N) is 1. The van der Waals surface area contributed by atoms with E-state index in [0.717, 1.165) is 37.4 Å². The van der Waals surface area contributed by atoms with Crippen LogP contribution in [0, 0.1) is 5.82 Å². The molecule has 184 valence electrons. The minimum atomic E-state index is -0.300. The van der Waals surface area contributed by atoms with Crippen LogP contribution in [-0.4, -0.2) is 61.7 Å². The normalized spacial score (nSPS) is 16.3. The molecule has 0 saturated carbocycles. The molecule has 2 aromatic carbocycles. The van der Waals surface area contributed by atoms with Gasteiger partial charge in [0.25, 0.3) is 0 Å². The van der Waals surface area contributed by atoms with Crippen LogP contribution in [0.25, 0.3) is 11.3 Å². The average Bonchev–Trinajstić information content (AvgIpc) is 2.86. The monoisotopic (exact) mass is 476 g/mol. The maximum absolute atomic E-state index is 13.5. The summed E-state index contributed by atoms with van der Waals surface area (Å²) in [5, 5.41) is 3.47. The summed E-state index contributed by atoms with van der Waals surface area (Å²) < 4.78 is 18.8. The first kappa shape index (κ1) is 25.0. The van der Waals surface area contributed by atoms with Gasteiger partial charge < -0.3 is 15.0 Å². The molecule has 0 bridgehead atoms. The lowest BCUT2D eigenvalue weighted by Gasteiger charge is -2.32. The molecule has 35 heavy (non-hydrogen) atoms. The second-order valence-electron chi connectivity index (χ2n) is 9.03. The van der Waals surface area contributed by atoms with Crippen molar-refractivity contribution < 1.29 is 13.9 Å². The van der Waals surface area contributed by atoms with Gasteiger partial charge in [0.1, 0.15) is 5.82 Å². The fourth-order valence-electron chi connectivity index (χ4n) is 4.39. The highest BCUT2D eigenvalue weighted by atomic mass is 19.1. The van der Waals surface area contributed by atoms with Crippen LogP contribution in [0.2, 0.25) is 0 Å². The van der Waals surface area contributed by atoms with E-state index in [-0.39, 0.29) is 18.1 Å². The van der Waals surface area contributed by atoms with Crippen molar-refractivity contribution in [2.45, 2.75) is 25.9 Å². The van der Waals surface area contributed by atoms with E-state index in [1.165, 1.54) is 17.7 Å². The summed E-state index contributed by atoms with van der Waals surface area (Å²) in [4.78, 5) is 21.9. The van der Waals surface area contributed by atoms with Gasteiger partial charge in [-0.3, -0.25) is 14.7 Å². The average molecular weight is 477 g/mol. The Morgan fingerprint density at radius 3 is 2.66 bits per heavy atom. The number of pyridine rings is 1. The zero-order valence-corrected chi connectivity index (χ0v) is 20.4. The lowest BCUT2D eigenvalue weighted by molar-refractivity contribution is -0.118. The highest BCUT2D eigenvalue weighted by molar-refractivity contribution is 5.94. The maximum atomic E-state index is 13.5. The number of rotatable bonds is 9. The van der Waals surface area contributed by atoms with Crippen LogP contribution in [-0.2, 0) is 22.5 Å². The van der Waals surface area contributed by atoms with Gasteiger partial charge in [-0.2, -0.15) is 0 Å². The Morgan fingerprint density at radius 1 is 1.17 bits per heavy atom. The van der Waals surface area contributed by atoms with Crippen molar-refractivity contribution in [1.29, 1.82) is 0 Å². The largest absolute Gasteiger partial charge is 0.383 e. The molecule has 0 unspecified atom stereocenters. The van der Waals surface area contributed by atoms with Crippen molar-refractivity contribution in [3.63, 3.8) is 0 Å². The number of hydrogen-bond donors (Lipinski definition) is 1. The third kappa shape index (κ3) is 6.94. The quantitative estimate of drug-likeness (QED) is 0.508. The van der Waals surface area contributed by atoms with E-state index in [1.807, 2.05) is 30.3 Å². The summed E-state index contributed by atoms with van der Waals surface area (Å²) >= 11 is 0. The number of amides is 1. The number of aromatic nitrogens is 1. The molecular weight excluding hydrogens is 443 g/mol. The summed E-state index contributed by atoms with van der Waals surface area (Å²) in [7, 11) is 1.63. The summed E-state index contributed by atoms with van der Waals surface area (Å²) in [6, 6.07) is 18.8. The topological polar surface area (TPSA) is 57.7 Å². The molecule has 6 nitrogen and oxygen atoms in total. The van der Waals surface area contributed by atoms with Crippen LogP contribution in [0.5, 0.6) is 0 Å². The molecule has 1 amide bonds. The predicted molar refractivity (Wildman–Crippen MR) is 137 cm³/mol. The van der Waals surface area contributed by atoms with Gasteiger partial charge >= 0.3 is 0 Å². The van der Waals surface area contributed by atoms with Crippen molar-refractivity contribution in [1.82, 2.24) is 15.2 Å². The lowest BCUT2D eigenvalue weighted by atomic mass is 10.1. The Labute approximate surface area is 206 Å². The van der Waals surface area contributed by atoms with E-state index in [9.17, 15) is 9.18 Å². The molecule has 1 saturated heterocycles. The molecule has 3 aromatic rings. The number of methoxy groups -OCH3 is 1. The highest BCUT2D eigenvalue weighted by Crippen LogP contribution is 2.20. The van der Waals surface area contributed by atoms with Gasteiger partial charge in [-0.05, 0) is 48.4 Å². The van der Waals surface area contributed by atoms with Crippen molar-refractivity contribution in [3.05, 3.63) is 83.8 Å². The van der Waals surface area contributed by atoms with Crippen molar-refractivity contribution in [2.75, 3.05) is 44.8 Å². The van der Waals surface area contributed by atoms with Gasteiger partial charge in [-0.15, -0.1) is 0 Å². The molecule has 1 aliphatic rings. The number of benzene rings is 2. The number of piperazine rings is 1. The minimum Gasteiger partial charge on any atom is -0.383 e. The Hall–Kier alpha value is -3.13. The van der Waals surface area contributed by atoms with Crippen LogP contribution in [0.4, 0.5) is 10.1 Å². The number of carbonyl (C=O) groups is 1. The molecule has 2 heterocycles. The van der Waals surface area contributed by atoms with E-state index in [1.54, 1.807) is 24.3 Å². The molecule has 4 rings (SSSR count). The standard InChI is InChI=1S/C28H33FN4O2/c1-21-19-32(13-12-30-21)20-22-6-9-26(10-7-22)33(14-15-35-2)28(34)16-23-8-11-27(31-18-23)24-4-3-5-25(29)17-24/h3-11,17-18,21,30H,12-16,19-20H2,1-2H3/t21-/m0/s1. The minimum absolute atomic E-state index is 0.0222. The number of ether oxygens (including phenoxy) is 1. The molecule has 0 aliphatic carbocycles. The molecular formula is C28H33FN4O2. The Morgan fingerprint density at radius 2 is 1.97 bits per heavy atom. The summed E-state index contributed by atoms with van der Waals surface area (Å²) in [6.45, 7) is 7.11. The first-order chi connectivity index (χ1) is 17.0. The van der Waals surface area contributed by atoms with Crippen molar-refractivity contribution in [2.24, 2.45) is 0 Å². The Bertz CT molecular complexity index is 1100. The number of anilines is 1. The van der Waals surface area contributed by atoms with Gasteiger partial charge in [0.15, 0.2) is 0 Å². The van der Waals surface area contributed by atoms with Gasteiger partial charge in [0.2, 0.25) is 5.91 Å². The van der Waals surface area contributed by atoms with Gasteiger partial charge in [-0.25, -0.2) is 4.39 Å². The van der Waals surface area contributed by atoms with E-state index < -0.39 is 0 Å². The first-order valence-corrected chi connectivity index (χ1v) is 12.1. The first-order valence-electron chi connectivity index (χ1n) is 12.1. The van der Waals surface area contributed by atoms with Crippen molar-refractivity contribution >= 4 is 11.6 Å². The molecule has 1 aromatic heterocycles. The molecule has 0 radical (unpaired) electrons. The van der Waals surface area contributed by atoms with E-state index in [0.29, 0.717) is 30.5 Å². The van der Waals surface area contributed by atoms with E-state index >= 15 is 0 Å². The summed E-state index contributed by atoms with van der Waals surface area (Å²) in [5.74, 6) is -0.322. The number of nitrogens with zero attached hydrogens (tertiary/aromatic N) is 3. The number of halogens is 1.